The second kappa shape index (κ2) is 9.18. The summed E-state index contributed by atoms with van der Waals surface area (Å²) in [7, 11) is 0. The van der Waals surface area contributed by atoms with Gasteiger partial charge in [0.2, 0.25) is 5.91 Å². The molecule has 0 saturated carbocycles. The number of carboxylic acids is 1. The van der Waals surface area contributed by atoms with Crippen molar-refractivity contribution in [2.45, 2.75) is 33.1 Å². The molecule has 0 aromatic heterocycles. The number of carbonyl (C=O) groups is 2. The predicted molar refractivity (Wildman–Crippen MR) is 103 cm³/mol. The van der Waals surface area contributed by atoms with Crippen molar-refractivity contribution in [1.82, 2.24) is 5.32 Å². The Morgan fingerprint density at radius 1 is 0.923 bits per heavy atom. The van der Waals surface area contributed by atoms with Crippen molar-refractivity contribution >= 4 is 11.9 Å². The number of hydrogen-bond donors (Lipinski definition) is 2. The van der Waals surface area contributed by atoms with Crippen molar-refractivity contribution in [2.75, 3.05) is 6.54 Å². The van der Waals surface area contributed by atoms with Gasteiger partial charge in [-0.15, -0.1) is 0 Å². The zero-order valence-electron chi connectivity index (χ0n) is 15.4. The molecular formula is C22H27NO3. The van der Waals surface area contributed by atoms with Gasteiger partial charge in [0.15, 0.2) is 0 Å². The fourth-order valence-electron chi connectivity index (χ4n) is 2.80. The molecule has 0 saturated heterocycles. The van der Waals surface area contributed by atoms with Gasteiger partial charge in [0.25, 0.3) is 0 Å². The fourth-order valence-corrected chi connectivity index (χ4v) is 2.80. The number of benzene rings is 2. The van der Waals surface area contributed by atoms with Crippen molar-refractivity contribution < 1.29 is 14.7 Å². The normalized spacial score (nSPS) is 11.3. The first-order valence-electron chi connectivity index (χ1n) is 8.97. The molecule has 4 nitrogen and oxygen atoms in total. The Kier molecular flexibility index (Phi) is 6.96. The van der Waals surface area contributed by atoms with E-state index in [9.17, 15) is 14.7 Å². The van der Waals surface area contributed by atoms with E-state index in [0.717, 1.165) is 11.1 Å². The van der Waals surface area contributed by atoms with Crippen LogP contribution in [-0.4, -0.2) is 23.5 Å². The SMILES string of the molecule is CC(C)(CCNC(=O)C(Cc1ccccc1)Cc1ccccc1)C(=O)O. The maximum Gasteiger partial charge on any atom is 0.309 e. The summed E-state index contributed by atoms with van der Waals surface area (Å²) in [6, 6.07) is 19.9. The molecule has 0 atom stereocenters. The molecule has 26 heavy (non-hydrogen) atoms. The van der Waals surface area contributed by atoms with Crippen LogP contribution in [0.4, 0.5) is 0 Å². The van der Waals surface area contributed by atoms with E-state index in [4.69, 9.17) is 0 Å². The largest absolute Gasteiger partial charge is 0.481 e. The molecule has 0 heterocycles. The van der Waals surface area contributed by atoms with Gasteiger partial charge >= 0.3 is 5.97 Å². The van der Waals surface area contributed by atoms with Crippen LogP contribution in [0.1, 0.15) is 31.4 Å². The minimum Gasteiger partial charge on any atom is -0.481 e. The van der Waals surface area contributed by atoms with Gasteiger partial charge in [0, 0.05) is 12.5 Å². The van der Waals surface area contributed by atoms with Crippen LogP contribution >= 0.6 is 0 Å². The van der Waals surface area contributed by atoms with E-state index >= 15 is 0 Å². The van der Waals surface area contributed by atoms with E-state index < -0.39 is 11.4 Å². The highest BCUT2D eigenvalue weighted by Gasteiger charge is 2.27. The van der Waals surface area contributed by atoms with E-state index in [1.807, 2.05) is 60.7 Å². The van der Waals surface area contributed by atoms with Crippen LogP contribution < -0.4 is 5.32 Å². The first kappa shape index (κ1) is 19.7. The molecule has 138 valence electrons. The molecule has 0 unspecified atom stereocenters. The first-order chi connectivity index (χ1) is 12.4. The van der Waals surface area contributed by atoms with Gasteiger partial charge in [-0.1, -0.05) is 60.7 Å². The first-order valence-corrected chi connectivity index (χ1v) is 8.97. The van der Waals surface area contributed by atoms with Crippen LogP contribution in [0.5, 0.6) is 0 Å². The molecule has 0 bridgehead atoms. The average Bonchev–Trinajstić information content (AvgIpc) is 2.62. The maximum atomic E-state index is 12.7. The van der Waals surface area contributed by atoms with Crippen molar-refractivity contribution in [2.24, 2.45) is 11.3 Å². The standard InChI is InChI=1S/C22H27NO3/c1-22(2,21(25)26)13-14-23-20(24)19(15-17-9-5-3-6-10-17)16-18-11-7-4-8-12-18/h3-12,19H,13-16H2,1-2H3,(H,23,24)(H,25,26). The van der Waals surface area contributed by atoms with Crippen molar-refractivity contribution in [3.8, 4) is 0 Å². The fraction of sp³-hybridized carbons (Fsp3) is 0.364. The number of rotatable bonds is 9. The van der Waals surface area contributed by atoms with E-state index in [-0.39, 0.29) is 11.8 Å². The molecule has 2 aromatic rings. The minimum atomic E-state index is -0.850. The van der Waals surface area contributed by atoms with Gasteiger partial charge in [-0.2, -0.15) is 0 Å². The van der Waals surface area contributed by atoms with Crippen LogP contribution in [0.3, 0.4) is 0 Å². The molecule has 2 rings (SSSR count). The summed E-state index contributed by atoms with van der Waals surface area (Å²) in [4.78, 5) is 23.9. The monoisotopic (exact) mass is 353 g/mol. The van der Waals surface area contributed by atoms with Crippen LogP contribution in [0.15, 0.2) is 60.7 Å². The Balaban J connectivity index is 2.02. The highest BCUT2D eigenvalue weighted by molar-refractivity contribution is 5.79. The molecule has 2 aromatic carbocycles. The lowest BCUT2D eigenvalue weighted by atomic mass is 9.89. The number of aliphatic carboxylic acids is 1. The van der Waals surface area contributed by atoms with E-state index in [1.54, 1.807) is 13.8 Å². The van der Waals surface area contributed by atoms with Gasteiger partial charge in [0.1, 0.15) is 0 Å². The quantitative estimate of drug-likeness (QED) is 0.722. The summed E-state index contributed by atoms with van der Waals surface area (Å²) >= 11 is 0. The molecule has 4 heteroatoms. The van der Waals surface area contributed by atoms with Crippen LogP contribution in [-0.2, 0) is 22.4 Å². The lowest BCUT2D eigenvalue weighted by Crippen LogP contribution is -2.36. The molecular weight excluding hydrogens is 326 g/mol. The summed E-state index contributed by atoms with van der Waals surface area (Å²) in [6.07, 6.45) is 1.71. The summed E-state index contributed by atoms with van der Waals surface area (Å²) in [5.74, 6) is -1.07. The second-order valence-electron chi connectivity index (χ2n) is 7.31. The highest BCUT2D eigenvalue weighted by Crippen LogP contribution is 2.20. The molecule has 0 spiro atoms. The third-order valence-corrected chi connectivity index (χ3v) is 4.65. The molecule has 1 amide bonds. The van der Waals surface area contributed by atoms with E-state index in [2.05, 4.69) is 5.32 Å². The Morgan fingerprint density at radius 3 is 1.81 bits per heavy atom. The Morgan fingerprint density at radius 2 is 1.38 bits per heavy atom. The highest BCUT2D eigenvalue weighted by atomic mass is 16.4. The summed E-state index contributed by atoms with van der Waals surface area (Å²) in [5.41, 5.74) is 1.39. The van der Waals surface area contributed by atoms with Gasteiger partial charge < -0.3 is 10.4 Å². The van der Waals surface area contributed by atoms with Gasteiger partial charge in [-0.3, -0.25) is 9.59 Å². The third-order valence-electron chi connectivity index (χ3n) is 4.65. The van der Waals surface area contributed by atoms with Gasteiger partial charge in [-0.05, 0) is 44.2 Å². The molecule has 0 aliphatic heterocycles. The number of carbonyl (C=O) groups excluding carboxylic acids is 1. The maximum absolute atomic E-state index is 12.7. The van der Waals surface area contributed by atoms with Crippen molar-refractivity contribution in [1.29, 1.82) is 0 Å². The second-order valence-corrected chi connectivity index (χ2v) is 7.31. The number of carboxylic acid groups (broad SMARTS) is 1. The number of hydrogen-bond acceptors (Lipinski definition) is 2. The molecule has 0 fully saturated rings. The molecule has 2 N–H and O–H groups in total. The number of nitrogens with one attached hydrogen (secondary N) is 1. The minimum absolute atomic E-state index is 0.0288. The predicted octanol–water partition coefficient (Wildman–Crippen LogP) is 3.71. The zero-order valence-corrected chi connectivity index (χ0v) is 15.4. The number of amides is 1. The third kappa shape index (κ3) is 6.03. The Hall–Kier alpha value is -2.62. The van der Waals surface area contributed by atoms with E-state index in [1.165, 1.54) is 0 Å². The van der Waals surface area contributed by atoms with Crippen molar-refractivity contribution in [3.63, 3.8) is 0 Å². The van der Waals surface area contributed by atoms with Crippen LogP contribution in [0.25, 0.3) is 0 Å². The molecule has 0 aliphatic carbocycles. The molecule has 0 aliphatic rings. The van der Waals surface area contributed by atoms with Crippen molar-refractivity contribution in [3.05, 3.63) is 71.8 Å². The van der Waals surface area contributed by atoms with Gasteiger partial charge in [0.05, 0.1) is 5.41 Å². The summed E-state index contributed by atoms with van der Waals surface area (Å²) in [5, 5.41) is 12.1. The lowest BCUT2D eigenvalue weighted by molar-refractivity contribution is -0.147. The van der Waals surface area contributed by atoms with Gasteiger partial charge in [-0.25, -0.2) is 0 Å². The topological polar surface area (TPSA) is 66.4 Å². The van der Waals surface area contributed by atoms with E-state index in [0.29, 0.717) is 25.8 Å². The Bertz CT molecular complexity index is 669. The smallest absolute Gasteiger partial charge is 0.309 e. The average molecular weight is 353 g/mol. The summed E-state index contributed by atoms with van der Waals surface area (Å²) in [6.45, 7) is 3.71. The zero-order chi connectivity index (χ0) is 19.0. The lowest BCUT2D eigenvalue weighted by Gasteiger charge is -2.21. The summed E-state index contributed by atoms with van der Waals surface area (Å²) < 4.78 is 0. The van der Waals surface area contributed by atoms with Crippen LogP contribution in [0, 0.1) is 11.3 Å². The molecule has 0 radical (unpaired) electrons. The Labute approximate surface area is 155 Å². The van der Waals surface area contributed by atoms with Crippen LogP contribution in [0.2, 0.25) is 0 Å².